The molecule has 0 saturated carbocycles. The van der Waals surface area contributed by atoms with Crippen molar-refractivity contribution in [2.45, 2.75) is 12.8 Å². The number of rotatable bonds is 4. The van der Waals surface area contributed by atoms with E-state index in [-0.39, 0.29) is 23.6 Å². The average Bonchev–Trinajstić information content (AvgIpc) is 2.78. The van der Waals surface area contributed by atoms with E-state index in [1.165, 1.54) is 0 Å². The number of nitrogens with two attached hydrogens (primary N) is 1. The monoisotopic (exact) mass is 396 g/mol. The second kappa shape index (κ2) is 8.14. The van der Waals surface area contributed by atoms with E-state index in [9.17, 15) is 10.1 Å². The highest BCUT2D eigenvalue weighted by atomic mass is 16.5. The molecular weight excluding hydrogens is 376 g/mol. The number of allylic oxidation sites excluding steroid dienone is 1. The number of carbonyl (C=O) groups excluding carboxylic acids is 1. The zero-order valence-corrected chi connectivity index (χ0v) is 16.5. The molecule has 0 amide bonds. The van der Waals surface area contributed by atoms with Crippen LogP contribution < -0.4 is 5.73 Å². The maximum absolute atomic E-state index is 13.1. The Morgan fingerprint density at radius 1 is 1.07 bits per heavy atom. The quantitative estimate of drug-likeness (QED) is 0.650. The summed E-state index contributed by atoms with van der Waals surface area (Å²) in [7, 11) is 0. The van der Waals surface area contributed by atoms with Crippen molar-refractivity contribution in [3.63, 3.8) is 0 Å². The molecule has 0 aliphatic carbocycles. The second-order valence-corrected chi connectivity index (χ2v) is 6.86. The van der Waals surface area contributed by atoms with Gasteiger partial charge in [-0.15, -0.1) is 0 Å². The summed E-state index contributed by atoms with van der Waals surface area (Å²) in [5, 5.41) is 11.9. The Bertz CT molecular complexity index is 1220. The Balaban J connectivity index is 1.98. The molecule has 0 fully saturated rings. The molecule has 1 aliphatic rings. The second-order valence-electron chi connectivity index (χ2n) is 6.86. The molecule has 0 bridgehead atoms. The molecule has 2 N–H and O–H groups in total. The maximum Gasteiger partial charge on any atom is 0.338 e. The first kappa shape index (κ1) is 19.3. The van der Waals surface area contributed by atoms with Gasteiger partial charge in [0.1, 0.15) is 17.4 Å². The summed E-state index contributed by atoms with van der Waals surface area (Å²) in [4.78, 5) is 13.1. The molecule has 0 aromatic heterocycles. The molecule has 0 saturated heterocycles. The number of hydrogen-bond donors (Lipinski definition) is 1. The molecule has 1 atom stereocenters. The minimum Gasteiger partial charge on any atom is -0.463 e. The van der Waals surface area contributed by atoms with Crippen LogP contribution in [0.5, 0.6) is 0 Å². The summed E-state index contributed by atoms with van der Waals surface area (Å²) in [6.45, 7) is 1.95. The van der Waals surface area contributed by atoms with Gasteiger partial charge in [0.15, 0.2) is 0 Å². The van der Waals surface area contributed by atoms with Gasteiger partial charge in [0, 0.05) is 5.56 Å². The largest absolute Gasteiger partial charge is 0.463 e. The highest BCUT2D eigenvalue weighted by molar-refractivity contribution is 6.00. The molecular formula is C25H20N2O3. The Hall–Kier alpha value is -4.04. The van der Waals surface area contributed by atoms with Crippen LogP contribution in [0.4, 0.5) is 0 Å². The number of nitrogens with zero attached hydrogens (tertiary/aromatic N) is 1. The van der Waals surface area contributed by atoms with E-state index >= 15 is 0 Å². The van der Waals surface area contributed by atoms with Crippen molar-refractivity contribution >= 4 is 22.5 Å². The van der Waals surface area contributed by atoms with Gasteiger partial charge in [0.25, 0.3) is 0 Å². The fourth-order valence-corrected chi connectivity index (χ4v) is 3.70. The van der Waals surface area contributed by atoms with Gasteiger partial charge in [-0.25, -0.2) is 4.79 Å². The number of ether oxygens (including phenoxy) is 2. The molecule has 148 valence electrons. The number of nitriles is 1. The lowest BCUT2D eigenvalue weighted by Crippen LogP contribution is -2.25. The third-order valence-corrected chi connectivity index (χ3v) is 5.06. The minimum atomic E-state index is -0.692. The van der Waals surface area contributed by atoms with E-state index in [0.29, 0.717) is 11.3 Å². The predicted octanol–water partition coefficient (Wildman–Crippen LogP) is 4.62. The van der Waals surface area contributed by atoms with Crippen LogP contribution in [-0.2, 0) is 14.3 Å². The first-order valence-corrected chi connectivity index (χ1v) is 9.67. The van der Waals surface area contributed by atoms with Crippen molar-refractivity contribution in [2.75, 3.05) is 6.61 Å². The van der Waals surface area contributed by atoms with Gasteiger partial charge in [-0.2, -0.15) is 5.26 Å². The zero-order chi connectivity index (χ0) is 21.1. The van der Waals surface area contributed by atoms with Crippen molar-refractivity contribution < 1.29 is 14.3 Å². The lowest BCUT2D eigenvalue weighted by atomic mass is 9.81. The fraction of sp³-hybridized carbons (Fsp3) is 0.120. The molecule has 4 rings (SSSR count). The predicted molar refractivity (Wildman–Crippen MR) is 115 cm³/mol. The smallest absolute Gasteiger partial charge is 0.338 e. The maximum atomic E-state index is 13.1. The lowest BCUT2D eigenvalue weighted by Gasteiger charge is -2.28. The van der Waals surface area contributed by atoms with Crippen LogP contribution in [-0.4, -0.2) is 12.6 Å². The van der Waals surface area contributed by atoms with Gasteiger partial charge < -0.3 is 15.2 Å². The van der Waals surface area contributed by atoms with Gasteiger partial charge in [-0.05, 0) is 23.3 Å². The summed E-state index contributed by atoms with van der Waals surface area (Å²) in [6.07, 6.45) is 0. The van der Waals surface area contributed by atoms with Crippen LogP contribution in [0, 0.1) is 11.3 Å². The molecule has 5 nitrogen and oxygen atoms in total. The third-order valence-electron chi connectivity index (χ3n) is 5.06. The van der Waals surface area contributed by atoms with Gasteiger partial charge in [-0.1, -0.05) is 72.8 Å². The van der Waals surface area contributed by atoms with Gasteiger partial charge in [0.2, 0.25) is 5.88 Å². The summed E-state index contributed by atoms with van der Waals surface area (Å²) in [6, 6.07) is 25.1. The molecule has 1 aliphatic heterocycles. The molecule has 3 aromatic carbocycles. The number of hydrogen-bond acceptors (Lipinski definition) is 5. The van der Waals surface area contributed by atoms with Gasteiger partial charge in [-0.3, -0.25) is 0 Å². The van der Waals surface area contributed by atoms with Crippen molar-refractivity contribution in [3.05, 3.63) is 101 Å². The highest BCUT2D eigenvalue weighted by Gasteiger charge is 2.38. The fourth-order valence-electron chi connectivity index (χ4n) is 3.70. The van der Waals surface area contributed by atoms with Crippen LogP contribution in [0.25, 0.3) is 16.5 Å². The van der Waals surface area contributed by atoms with E-state index in [0.717, 1.165) is 16.3 Å². The molecule has 0 radical (unpaired) electrons. The molecule has 5 heteroatoms. The summed E-state index contributed by atoms with van der Waals surface area (Å²) < 4.78 is 11.2. The van der Waals surface area contributed by atoms with Crippen molar-refractivity contribution in [1.29, 1.82) is 5.26 Å². The summed E-state index contributed by atoms with van der Waals surface area (Å²) in [5.74, 6) is -0.927. The average molecular weight is 396 g/mol. The Labute approximate surface area is 174 Å². The normalized spacial score (nSPS) is 16.2. The van der Waals surface area contributed by atoms with Crippen molar-refractivity contribution in [2.24, 2.45) is 5.73 Å². The van der Waals surface area contributed by atoms with Crippen LogP contribution >= 0.6 is 0 Å². The van der Waals surface area contributed by atoms with E-state index in [1.807, 2.05) is 72.8 Å². The van der Waals surface area contributed by atoms with Crippen LogP contribution in [0.3, 0.4) is 0 Å². The molecule has 1 heterocycles. The molecule has 30 heavy (non-hydrogen) atoms. The first-order chi connectivity index (χ1) is 14.6. The van der Waals surface area contributed by atoms with E-state index < -0.39 is 11.9 Å². The van der Waals surface area contributed by atoms with Crippen molar-refractivity contribution in [3.8, 4) is 6.07 Å². The van der Waals surface area contributed by atoms with E-state index in [4.69, 9.17) is 15.2 Å². The summed E-state index contributed by atoms with van der Waals surface area (Å²) >= 11 is 0. The summed E-state index contributed by atoms with van der Waals surface area (Å²) in [5.41, 5.74) is 8.06. The highest BCUT2D eigenvalue weighted by Crippen LogP contribution is 2.43. The lowest BCUT2D eigenvalue weighted by molar-refractivity contribution is -0.138. The Morgan fingerprint density at radius 3 is 2.47 bits per heavy atom. The van der Waals surface area contributed by atoms with Crippen molar-refractivity contribution in [1.82, 2.24) is 0 Å². The zero-order valence-electron chi connectivity index (χ0n) is 16.5. The SMILES string of the molecule is CCOC(=O)C1=C(c2ccccc2)OC(N)=C(C#N)C1c1ccc2ccccc2c1. The standard InChI is InChI=1S/C25H20N2O3/c1-2-29-25(28)22-21(19-13-12-16-8-6-7-11-18(16)14-19)20(15-26)24(27)30-23(22)17-9-4-3-5-10-17/h3-14,21H,2,27H2,1H3. The molecule has 0 spiro atoms. The van der Waals surface area contributed by atoms with Crippen LogP contribution in [0.15, 0.2) is 89.8 Å². The minimum absolute atomic E-state index is 0.0115. The van der Waals surface area contributed by atoms with E-state index in [1.54, 1.807) is 6.92 Å². The first-order valence-electron chi connectivity index (χ1n) is 9.67. The number of fused-ring (bicyclic) bond motifs is 1. The topological polar surface area (TPSA) is 85.3 Å². The Kier molecular flexibility index (Phi) is 5.23. The van der Waals surface area contributed by atoms with E-state index in [2.05, 4.69) is 6.07 Å². The Morgan fingerprint density at radius 2 is 1.77 bits per heavy atom. The van der Waals surface area contributed by atoms with Crippen LogP contribution in [0.2, 0.25) is 0 Å². The van der Waals surface area contributed by atoms with Gasteiger partial charge in [0.05, 0.1) is 18.1 Å². The molecule has 1 unspecified atom stereocenters. The number of esters is 1. The van der Waals surface area contributed by atoms with Crippen LogP contribution in [0.1, 0.15) is 24.0 Å². The van der Waals surface area contributed by atoms with Gasteiger partial charge >= 0.3 is 5.97 Å². The number of benzene rings is 3. The third kappa shape index (κ3) is 3.40. The number of carbonyl (C=O) groups is 1. The molecule has 3 aromatic rings.